The lowest BCUT2D eigenvalue weighted by Gasteiger charge is -2.10. The predicted molar refractivity (Wildman–Crippen MR) is 82.4 cm³/mol. The third-order valence-electron chi connectivity index (χ3n) is 2.82. The number of hydrogen-bond acceptors (Lipinski definition) is 4. The molecule has 0 aliphatic rings. The SMILES string of the molecule is COc1ccc(N)cc1CS(=O)(=O)c1ccc(Br)cc1. The maximum absolute atomic E-state index is 12.4. The lowest BCUT2D eigenvalue weighted by molar-refractivity contribution is 0.411. The molecule has 0 bridgehead atoms. The molecule has 0 radical (unpaired) electrons. The van der Waals surface area contributed by atoms with Gasteiger partial charge in [-0.05, 0) is 42.5 Å². The normalized spacial score (nSPS) is 11.3. The van der Waals surface area contributed by atoms with Crippen molar-refractivity contribution < 1.29 is 13.2 Å². The first-order valence-corrected chi connectivity index (χ1v) is 8.27. The Bertz CT molecular complexity index is 712. The van der Waals surface area contributed by atoms with E-state index in [1.54, 1.807) is 42.5 Å². The van der Waals surface area contributed by atoms with Gasteiger partial charge in [0.15, 0.2) is 9.84 Å². The second kappa shape index (κ2) is 5.85. The molecule has 0 fully saturated rings. The molecule has 0 saturated carbocycles. The van der Waals surface area contributed by atoms with Crippen LogP contribution in [0.3, 0.4) is 0 Å². The molecule has 0 spiro atoms. The monoisotopic (exact) mass is 355 g/mol. The molecule has 0 aliphatic carbocycles. The first-order chi connectivity index (χ1) is 9.42. The minimum Gasteiger partial charge on any atom is -0.496 e. The van der Waals surface area contributed by atoms with Crippen molar-refractivity contribution in [2.75, 3.05) is 12.8 Å². The minimum absolute atomic E-state index is 0.150. The maximum atomic E-state index is 12.4. The third-order valence-corrected chi connectivity index (χ3v) is 5.03. The Labute approximate surface area is 126 Å². The van der Waals surface area contributed by atoms with Crippen molar-refractivity contribution in [2.45, 2.75) is 10.6 Å². The van der Waals surface area contributed by atoms with Gasteiger partial charge < -0.3 is 10.5 Å². The number of sulfone groups is 1. The van der Waals surface area contributed by atoms with Crippen molar-refractivity contribution in [2.24, 2.45) is 0 Å². The van der Waals surface area contributed by atoms with Crippen LogP contribution >= 0.6 is 15.9 Å². The zero-order valence-corrected chi connectivity index (χ0v) is 13.2. The van der Waals surface area contributed by atoms with Crippen molar-refractivity contribution in [3.05, 3.63) is 52.5 Å². The fourth-order valence-electron chi connectivity index (χ4n) is 1.84. The maximum Gasteiger partial charge on any atom is 0.182 e. The molecule has 2 aromatic carbocycles. The lowest BCUT2D eigenvalue weighted by Crippen LogP contribution is -2.06. The van der Waals surface area contributed by atoms with Crippen LogP contribution < -0.4 is 10.5 Å². The molecule has 20 heavy (non-hydrogen) atoms. The van der Waals surface area contributed by atoms with Gasteiger partial charge in [-0.1, -0.05) is 15.9 Å². The van der Waals surface area contributed by atoms with Crippen molar-refractivity contribution in [1.29, 1.82) is 0 Å². The topological polar surface area (TPSA) is 69.4 Å². The van der Waals surface area contributed by atoms with E-state index in [0.717, 1.165) is 4.47 Å². The molecule has 2 N–H and O–H groups in total. The third kappa shape index (κ3) is 3.32. The van der Waals surface area contributed by atoms with E-state index in [-0.39, 0.29) is 10.6 Å². The summed E-state index contributed by atoms with van der Waals surface area (Å²) >= 11 is 3.28. The molecule has 0 atom stereocenters. The Hall–Kier alpha value is -1.53. The summed E-state index contributed by atoms with van der Waals surface area (Å²) < 4.78 is 30.8. The summed E-state index contributed by atoms with van der Waals surface area (Å²) in [7, 11) is -1.93. The highest BCUT2D eigenvalue weighted by molar-refractivity contribution is 9.10. The fourth-order valence-corrected chi connectivity index (χ4v) is 3.46. The van der Waals surface area contributed by atoms with Crippen molar-refractivity contribution >= 4 is 31.5 Å². The molecule has 0 saturated heterocycles. The van der Waals surface area contributed by atoms with Crippen molar-refractivity contribution in [1.82, 2.24) is 0 Å². The van der Waals surface area contributed by atoms with E-state index in [4.69, 9.17) is 10.5 Å². The Morgan fingerprint density at radius 3 is 2.40 bits per heavy atom. The molecule has 0 heterocycles. The van der Waals surface area contributed by atoms with Crippen LogP contribution in [-0.2, 0) is 15.6 Å². The quantitative estimate of drug-likeness (QED) is 0.855. The highest BCUT2D eigenvalue weighted by Crippen LogP contribution is 2.26. The van der Waals surface area contributed by atoms with E-state index in [9.17, 15) is 8.42 Å². The predicted octanol–water partition coefficient (Wildman–Crippen LogP) is 3.01. The highest BCUT2D eigenvalue weighted by Gasteiger charge is 2.18. The van der Waals surface area contributed by atoms with Crippen LogP contribution in [0.2, 0.25) is 0 Å². The average Bonchev–Trinajstić information content (AvgIpc) is 2.39. The number of halogens is 1. The van der Waals surface area contributed by atoms with Gasteiger partial charge in [0.2, 0.25) is 0 Å². The van der Waals surface area contributed by atoms with Crippen LogP contribution in [0.15, 0.2) is 51.8 Å². The number of nitrogen functional groups attached to an aromatic ring is 1. The Kier molecular flexibility index (Phi) is 4.35. The van der Waals surface area contributed by atoms with Crippen LogP contribution in [0.1, 0.15) is 5.56 Å². The fraction of sp³-hybridized carbons (Fsp3) is 0.143. The molecule has 0 amide bonds. The molecule has 0 aliphatic heterocycles. The van der Waals surface area contributed by atoms with E-state index in [1.165, 1.54) is 7.11 Å². The molecule has 2 aromatic rings. The largest absolute Gasteiger partial charge is 0.496 e. The number of anilines is 1. The summed E-state index contributed by atoms with van der Waals surface area (Å²) in [6.07, 6.45) is 0. The minimum atomic E-state index is -3.44. The highest BCUT2D eigenvalue weighted by atomic mass is 79.9. The van der Waals surface area contributed by atoms with E-state index in [0.29, 0.717) is 17.0 Å². The van der Waals surface area contributed by atoms with E-state index in [1.807, 2.05) is 0 Å². The average molecular weight is 356 g/mol. The number of rotatable bonds is 4. The van der Waals surface area contributed by atoms with Crippen molar-refractivity contribution in [3.63, 3.8) is 0 Å². The Morgan fingerprint density at radius 1 is 1.15 bits per heavy atom. The lowest BCUT2D eigenvalue weighted by atomic mass is 10.2. The molecule has 106 valence electrons. The summed E-state index contributed by atoms with van der Waals surface area (Å²) in [5, 5.41) is 0. The number of ether oxygens (including phenoxy) is 1. The van der Waals surface area contributed by atoms with Crippen LogP contribution in [0.5, 0.6) is 5.75 Å². The number of methoxy groups -OCH3 is 1. The first-order valence-electron chi connectivity index (χ1n) is 5.83. The van der Waals surface area contributed by atoms with E-state index in [2.05, 4.69) is 15.9 Å². The van der Waals surface area contributed by atoms with Gasteiger partial charge in [-0.3, -0.25) is 0 Å². The zero-order chi connectivity index (χ0) is 14.8. The number of hydrogen-bond donors (Lipinski definition) is 1. The number of nitrogens with two attached hydrogens (primary N) is 1. The molecule has 0 unspecified atom stereocenters. The number of benzene rings is 2. The molecule has 6 heteroatoms. The Morgan fingerprint density at radius 2 is 1.80 bits per heavy atom. The summed E-state index contributed by atoms with van der Waals surface area (Å²) in [5.74, 6) is 0.364. The van der Waals surface area contributed by atoms with Gasteiger partial charge in [0.05, 0.1) is 17.8 Å². The van der Waals surface area contributed by atoms with Crippen LogP contribution in [0.25, 0.3) is 0 Å². The molecular weight excluding hydrogens is 342 g/mol. The molecular formula is C14H14BrNO3S. The zero-order valence-electron chi connectivity index (χ0n) is 10.8. The van der Waals surface area contributed by atoms with Gasteiger partial charge in [0.1, 0.15) is 5.75 Å². The van der Waals surface area contributed by atoms with Gasteiger partial charge in [-0.15, -0.1) is 0 Å². The van der Waals surface area contributed by atoms with Crippen LogP contribution in [0, 0.1) is 0 Å². The summed E-state index contributed by atoms with van der Waals surface area (Å²) in [6, 6.07) is 11.5. The molecule has 2 rings (SSSR count). The smallest absolute Gasteiger partial charge is 0.182 e. The molecule has 4 nitrogen and oxygen atoms in total. The van der Waals surface area contributed by atoms with E-state index < -0.39 is 9.84 Å². The van der Waals surface area contributed by atoms with E-state index >= 15 is 0 Å². The second-order valence-corrected chi connectivity index (χ2v) is 7.19. The first kappa shape index (κ1) is 14.9. The van der Waals surface area contributed by atoms with Gasteiger partial charge in [0, 0.05) is 15.7 Å². The summed E-state index contributed by atoms with van der Waals surface area (Å²) in [4.78, 5) is 0.269. The van der Waals surface area contributed by atoms with Crippen LogP contribution in [0.4, 0.5) is 5.69 Å². The van der Waals surface area contributed by atoms with Gasteiger partial charge >= 0.3 is 0 Å². The van der Waals surface area contributed by atoms with Gasteiger partial charge in [-0.25, -0.2) is 8.42 Å². The van der Waals surface area contributed by atoms with Gasteiger partial charge in [-0.2, -0.15) is 0 Å². The molecule has 0 aromatic heterocycles. The standard InChI is InChI=1S/C14H14BrNO3S/c1-19-14-7-4-12(16)8-10(14)9-20(17,18)13-5-2-11(15)3-6-13/h2-8H,9,16H2,1H3. The second-order valence-electron chi connectivity index (χ2n) is 4.28. The summed E-state index contributed by atoms with van der Waals surface area (Å²) in [6.45, 7) is 0. The van der Waals surface area contributed by atoms with Crippen molar-refractivity contribution in [3.8, 4) is 5.75 Å². The van der Waals surface area contributed by atoms with Crippen LogP contribution in [-0.4, -0.2) is 15.5 Å². The van der Waals surface area contributed by atoms with Gasteiger partial charge in [0.25, 0.3) is 0 Å². The summed E-state index contributed by atoms with van der Waals surface area (Å²) in [5.41, 5.74) is 6.76. The Balaban J connectivity index is 2.37.